The molecule has 0 aromatic heterocycles. The third-order valence-corrected chi connectivity index (χ3v) is 6.38. The van der Waals surface area contributed by atoms with Gasteiger partial charge >= 0.3 is 0 Å². The summed E-state index contributed by atoms with van der Waals surface area (Å²) in [4.78, 5) is 15.5. The van der Waals surface area contributed by atoms with Gasteiger partial charge in [-0.05, 0) is 67.1 Å². The summed E-state index contributed by atoms with van der Waals surface area (Å²) in [6.45, 7) is 11.0. The largest absolute Gasteiger partial charge is 0.507 e. The van der Waals surface area contributed by atoms with Crippen LogP contribution in [0, 0.1) is 6.92 Å². The van der Waals surface area contributed by atoms with Crippen LogP contribution >= 0.6 is 0 Å². The third-order valence-electron chi connectivity index (χ3n) is 6.38. The van der Waals surface area contributed by atoms with Gasteiger partial charge in [0.1, 0.15) is 11.5 Å². The van der Waals surface area contributed by atoms with Crippen molar-refractivity contribution >= 4 is 11.9 Å². The molecule has 4 heteroatoms. The molecule has 1 saturated heterocycles. The summed E-state index contributed by atoms with van der Waals surface area (Å²) in [5, 5.41) is 10.7. The molecular weight excluding hydrogens is 386 g/mol. The summed E-state index contributed by atoms with van der Waals surface area (Å²) in [6, 6.07) is 9.95. The molecule has 0 unspecified atom stereocenters. The van der Waals surface area contributed by atoms with Crippen molar-refractivity contribution < 1.29 is 14.6 Å². The summed E-state index contributed by atoms with van der Waals surface area (Å²) in [7, 11) is 0. The molecule has 0 atom stereocenters. The number of Topliss-reactive ketones (excluding diaryl/α,β-unsaturated/α-hetero) is 1. The third kappa shape index (κ3) is 4.54. The Morgan fingerprint density at radius 2 is 1.71 bits per heavy atom. The van der Waals surface area contributed by atoms with E-state index in [1.807, 2.05) is 19.1 Å². The van der Waals surface area contributed by atoms with Crippen LogP contribution in [0.15, 0.2) is 36.1 Å². The highest BCUT2D eigenvalue weighted by Gasteiger charge is 2.33. The van der Waals surface area contributed by atoms with Crippen LogP contribution in [0.3, 0.4) is 0 Å². The lowest BCUT2D eigenvalue weighted by Crippen LogP contribution is -2.24. The molecule has 2 heterocycles. The maximum Gasteiger partial charge on any atom is 0.232 e. The lowest BCUT2D eigenvalue weighted by Gasteiger charge is -2.22. The quantitative estimate of drug-likeness (QED) is 0.621. The second kappa shape index (κ2) is 8.51. The van der Waals surface area contributed by atoms with Gasteiger partial charge in [0.2, 0.25) is 5.78 Å². The molecule has 4 rings (SSSR count). The number of allylic oxidation sites excluding steroid dienone is 1. The number of hydrogen-bond acceptors (Lipinski definition) is 4. The maximum absolute atomic E-state index is 13.2. The number of benzene rings is 2. The van der Waals surface area contributed by atoms with Crippen LogP contribution < -0.4 is 4.74 Å². The van der Waals surface area contributed by atoms with Crippen molar-refractivity contribution in [2.75, 3.05) is 13.1 Å². The van der Waals surface area contributed by atoms with E-state index < -0.39 is 0 Å². The predicted octanol–water partition coefficient (Wildman–Crippen LogP) is 5.99. The molecule has 0 spiro atoms. The first kappa shape index (κ1) is 21.6. The number of nitrogens with zero attached hydrogens (tertiary/aromatic N) is 1. The van der Waals surface area contributed by atoms with E-state index in [1.165, 1.54) is 31.2 Å². The van der Waals surface area contributed by atoms with E-state index >= 15 is 0 Å². The zero-order chi connectivity index (χ0) is 22.2. The molecule has 2 aromatic rings. The molecule has 0 amide bonds. The normalized spacial score (nSPS) is 18.7. The van der Waals surface area contributed by atoms with Gasteiger partial charge in [-0.2, -0.15) is 0 Å². The van der Waals surface area contributed by atoms with Crippen molar-refractivity contribution in [2.45, 2.75) is 65.3 Å². The van der Waals surface area contributed by atoms with E-state index in [4.69, 9.17) is 4.74 Å². The molecule has 0 bridgehead atoms. The van der Waals surface area contributed by atoms with Gasteiger partial charge in [-0.15, -0.1) is 0 Å². The Labute approximate surface area is 185 Å². The van der Waals surface area contributed by atoms with Crippen LogP contribution in [0.1, 0.15) is 79.1 Å². The number of aryl methyl sites for hydroxylation is 1. The first-order valence-electron chi connectivity index (χ1n) is 11.4. The average Bonchev–Trinajstić information content (AvgIpc) is 2.88. The molecule has 164 valence electrons. The summed E-state index contributed by atoms with van der Waals surface area (Å²) in [5.41, 5.74) is 4.32. The van der Waals surface area contributed by atoms with Gasteiger partial charge in [0.15, 0.2) is 5.76 Å². The Morgan fingerprint density at radius 1 is 1.06 bits per heavy atom. The number of likely N-dealkylation sites (tertiary alicyclic amines) is 1. The van der Waals surface area contributed by atoms with Crippen molar-refractivity contribution in [1.29, 1.82) is 0 Å². The molecule has 1 N–H and O–H groups in total. The van der Waals surface area contributed by atoms with Crippen LogP contribution in [0.4, 0.5) is 0 Å². The van der Waals surface area contributed by atoms with E-state index in [2.05, 4.69) is 37.8 Å². The number of carbonyl (C=O) groups is 1. The standard InChI is InChI=1S/C27H33NO3/c1-18-15-22(29)21(17-28-13-7-5-6-8-14-28)26-24(18)25(30)23(31-26)16-19-9-11-20(12-10-19)27(2,3)4/h9-12,15-16,29H,5-8,13-14,17H2,1-4H3/b23-16-. The zero-order valence-corrected chi connectivity index (χ0v) is 19.1. The van der Waals surface area contributed by atoms with E-state index in [-0.39, 0.29) is 16.9 Å². The Hall–Kier alpha value is -2.59. The Bertz CT molecular complexity index is 1000. The highest BCUT2D eigenvalue weighted by atomic mass is 16.5. The number of ketones is 1. The van der Waals surface area contributed by atoms with Gasteiger partial charge in [-0.1, -0.05) is 57.9 Å². The highest BCUT2D eigenvalue weighted by molar-refractivity contribution is 6.15. The lowest BCUT2D eigenvalue weighted by molar-refractivity contribution is 0.101. The van der Waals surface area contributed by atoms with Gasteiger partial charge in [0, 0.05) is 6.54 Å². The van der Waals surface area contributed by atoms with Crippen molar-refractivity contribution in [3.63, 3.8) is 0 Å². The molecule has 0 saturated carbocycles. The van der Waals surface area contributed by atoms with Crippen LogP contribution in [-0.2, 0) is 12.0 Å². The fraction of sp³-hybridized carbons (Fsp3) is 0.444. The van der Waals surface area contributed by atoms with Crippen molar-refractivity contribution in [2.24, 2.45) is 0 Å². The summed E-state index contributed by atoms with van der Waals surface area (Å²) >= 11 is 0. The van der Waals surface area contributed by atoms with Gasteiger partial charge in [0.25, 0.3) is 0 Å². The van der Waals surface area contributed by atoms with E-state index in [1.54, 1.807) is 12.1 Å². The van der Waals surface area contributed by atoms with Gasteiger partial charge in [0.05, 0.1) is 11.1 Å². The molecule has 1 fully saturated rings. The SMILES string of the molecule is Cc1cc(O)c(CN2CCCCCC2)c2c1C(=O)/C(=C/c1ccc(C(C)(C)C)cc1)O2. The van der Waals surface area contributed by atoms with Crippen LogP contribution in [0.25, 0.3) is 6.08 Å². The van der Waals surface area contributed by atoms with E-state index in [0.717, 1.165) is 29.8 Å². The number of aromatic hydroxyl groups is 1. The number of hydrogen-bond donors (Lipinski definition) is 1. The minimum Gasteiger partial charge on any atom is -0.507 e. The van der Waals surface area contributed by atoms with Crippen LogP contribution in [0.2, 0.25) is 0 Å². The van der Waals surface area contributed by atoms with Crippen LogP contribution in [0.5, 0.6) is 11.5 Å². The minimum absolute atomic E-state index is 0.0818. The van der Waals surface area contributed by atoms with Crippen molar-refractivity contribution in [3.8, 4) is 11.5 Å². The van der Waals surface area contributed by atoms with E-state index in [0.29, 0.717) is 23.6 Å². The van der Waals surface area contributed by atoms with Crippen molar-refractivity contribution in [3.05, 3.63) is 63.9 Å². The fourth-order valence-electron chi connectivity index (χ4n) is 4.48. The number of fused-ring (bicyclic) bond motifs is 1. The predicted molar refractivity (Wildman–Crippen MR) is 125 cm³/mol. The summed E-state index contributed by atoms with van der Waals surface area (Å²) in [6.07, 6.45) is 6.66. The maximum atomic E-state index is 13.2. The molecule has 2 aromatic carbocycles. The average molecular weight is 420 g/mol. The molecule has 31 heavy (non-hydrogen) atoms. The molecule has 2 aliphatic heterocycles. The minimum atomic E-state index is -0.107. The summed E-state index contributed by atoms with van der Waals surface area (Å²) in [5.74, 6) is 0.960. The molecular formula is C27H33NO3. The van der Waals surface area contributed by atoms with Crippen LogP contribution in [-0.4, -0.2) is 28.9 Å². The first-order chi connectivity index (χ1) is 14.7. The topological polar surface area (TPSA) is 49.8 Å². The fourth-order valence-corrected chi connectivity index (χ4v) is 4.48. The molecule has 0 aliphatic carbocycles. The molecule has 0 radical (unpaired) electrons. The zero-order valence-electron chi connectivity index (χ0n) is 19.1. The summed E-state index contributed by atoms with van der Waals surface area (Å²) < 4.78 is 6.11. The number of phenols is 1. The second-order valence-corrected chi connectivity index (χ2v) is 9.90. The molecule has 4 nitrogen and oxygen atoms in total. The highest BCUT2D eigenvalue weighted by Crippen LogP contribution is 2.42. The Balaban J connectivity index is 1.64. The van der Waals surface area contributed by atoms with E-state index in [9.17, 15) is 9.90 Å². The number of carbonyl (C=O) groups excluding carboxylic acids is 1. The van der Waals surface area contributed by atoms with Gasteiger partial charge in [-0.3, -0.25) is 9.69 Å². The number of rotatable bonds is 3. The number of phenolic OH excluding ortho intramolecular Hbond substituents is 1. The Kier molecular flexibility index (Phi) is 5.94. The Morgan fingerprint density at radius 3 is 2.32 bits per heavy atom. The second-order valence-electron chi connectivity index (χ2n) is 9.90. The lowest BCUT2D eigenvalue weighted by atomic mass is 9.86. The smallest absolute Gasteiger partial charge is 0.232 e. The number of ether oxygens (including phenoxy) is 1. The monoisotopic (exact) mass is 419 g/mol. The first-order valence-corrected chi connectivity index (χ1v) is 11.4. The van der Waals surface area contributed by atoms with Gasteiger partial charge < -0.3 is 9.84 Å². The van der Waals surface area contributed by atoms with Gasteiger partial charge in [-0.25, -0.2) is 0 Å². The molecule has 2 aliphatic rings. The van der Waals surface area contributed by atoms with Crippen molar-refractivity contribution in [1.82, 2.24) is 4.90 Å².